The van der Waals surface area contributed by atoms with Crippen LogP contribution in [0.1, 0.15) is 36.8 Å². The number of nitrogens with one attached hydrogen (secondary N) is 1. The SMILES string of the molecule is COC(=O)CC1C(=O)CCC(CCNC(=O)OCc2ccccc2)=CC1Cc1ccccc1. The van der Waals surface area contributed by atoms with Crippen molar-refractivity contribution in [1.29, 1.82) is 0 Å². The molecule has 0 aromatic heterocycles. The van der Waals surface area contributed by atoms with Crippen molar-refractivity contribution in [2.24, 2.45) is 11.8 Å². The molecule has 2 aromatic rings. The number of carbonyl (C=O) groups excluding carboxylic acids is 3. The zero-order valence-corrected chi connectivity index (χ0v) is 19.0. The fourth-order valence-corrected chi connectivity index (χ4v) is 4.13. The highest BCUT2D eigenvalue weighted by molar-refractivity contribution is 5.86. The van der Waals surface area contributed by atoms with Crippen molar-refractivity contribution in [2.75, 3.05) is 13.7 Å². The number of methoxy groups -OCH3 is 1. The van der Waals surface area contributed by atoms with Crippen molar-refractivity contribution < 1.29 is 23.9 Å². The molecule has 1 aliphatic carbocycles. The van der Waals surface area contributed by atoms with E-state index in [0.717, 1.165) is 16.7 Å². The number of alkyl carbamates (subject to hydrolysis) is 1. The Bertz CT molecular complexity index is 955. The number of allylic oxidation sites excluding steroid dienone is 1. The Morgan fingerprint density at radius 2 is 1.64 bits per heavy atom. The molecule has 0 bridgehead atoms. The van der Waals surface area contributed by atoms with Gasteiger partial charge < -0.3 is 14.8 Å². The van der Waals surface area contributed by atoms with Gasteiger partial charge in [0.25, 0.3) is 0 Å². The van der Waals surface area contributed by atoms with Gasteiger partial charge in [0.2, 0.25) is 0 Å². The van der Waals surface area contributed by atoms with Crippen molar-refractivity contribution in [3.05, 3.63) is 83.4 Å². The molecule has 2 aromatic carbocycles. The summed E-state index contributed by atoms with van der Waals surface area (Å²) in [6.07, 6.45) is 4.06. The Balaban J connectivity index is 1.60. The quantitative estimate of drug-likeness (QED) is 0.446. The van der Waals surface area contributed by atoms with E-state index in [1.54, 1.807) is 0 Å². The first kappa shape index (κ1) is 24.2. The average molecular weight is 450 g/mol. The number of ketones is 1. The molecule has 3 rings (SSSR count). The Kier molecular flexibility index (Phi) is 9.24. The molecule has 0 saturated heterocycles. The Labute approximate surface area is 195 Å². The number of benzene rings is 2. The lowest BCUT2D eigenvalue weighted by molar-refractivity contribution is -0.144. The summed E-state index contributed by atoms with van der Waals surface area (Å²) in [7, 11) is 1.35. The van der Waals surface area contributed by atoms with Gasteiger partial charge in [-0.15, -0.1) is 0 Å². The van der Waals surface area contributed by atoms with Crippen molar-refractivity contribution in [1.82, 2.24) is 5.32 Å². The lowest BCUT2D eigenvalue weighted by atomic mass is 9.82. The predicted molar refractivity (Wildman–Crippen MR) is 125 cm³/mol. The van der Waals surface area contributed by atoms with Gasteiger partial charge in [-0.3, -0.25) is 9.59 Å². The highest BCUT2D eigenvalue weighted by atomic mass is 16.5. The summed E-state index contributed by atoms with van der Waals surface area (Å²) >= 11 is 0. The van der Waals surface area contributed by atoms with Crippen molar-refractivity contribution in [3.8, 4) is 0 Å². The predicted octanol–water partition coefficient (Wildman–Crippen LogP) is 4.63. The maximum absolute atomic E-state index is 12.9. The first-order chi connectivity index (χ1) is 16.0. The third-order valence-electron chi connectivity index (χ3n) is 5.93. The summed E-state index contributed by atoms with van der Waals surface area (Å²) in [4.78, 5) is 36.9. The van der Waals surface area contributed by atoms with E-state index in [-0.39, 0.29) is 30.7 Å². The molecule has 33 heavy (non-hydrogen) atoms. The topological polar surface area (TPSA) is 81.7 Å². The molecular weight excluding hydrogens is 418 g/mol. The van der Waals surface area contributed by atoms with E-state index in [1.165, 1.54) is 7.11 Å². The van der Waals surface area contributed by atoms with Gasteiger partial charge in [0.1, 0.15) is 12.4 Å². The normalized spacial score (nSPS) is 18.1. The van der Waals surface area contributed by atoms with Crippen LogP contribution < -0.4 is 5.32 Å². The smallest absolute Gasteiger partial charge is 0.407 e. The summed E-state index contributed by atoms with van der Waals surface area (Å²) in [6.45, 7) is 0.644. The van der Waals surface area contributed by atoms with Gasteiger partial charge in [0.15, 0.2) is 0 Å². The second-order valence-corrected chi connectivity index (χ2v) is 8.27. The third-order valence-corrected chi connectivity index (χ3v) is 5.93. The largest absolute Gasteiger partial charge is 0.469 e. The van der Waals surface area contributed by atoms with Crippen LogP contribution >= 0.6 is 0 Å². The van der Waals surface area contributed by atoms with Crippen molar-refractivity contribution in [2.45, 2.75) is 38.7 Å². The third kappa shape index (κ3) is 7.90. The number of rotatable bonds is 9. The molecule has 2 atom stereocenters. The lowest BCUT2D eigenvalue weighted by Gasteiger charge is -2.22. The number of hydrogen-bond donors (Lipinski definition) is 1. The van der Waals surface area contributed by atoms with Crippen LogP contribution in [0.15, 0.2) is 72.3 Å². The Morgan fingerprint density at radius 1 is 0.970 bits per heavy atom. The summed E-state index contributed by atoms with van der Waals surface area (Å²) in [5.41, 5.74) is 3.16. The van der Waals surface area contributed by atoms with E-state index in [0.29, 0.717) is 32.2 Å². The first-order valence-electron chi connectivity index (χ1n) is 11.3. The van der Waals surface area contributed by atoms with Crippen LogP contribution in [-0.2, 0) is 32.1 Å². The minimum atomic E-state index is -0.464. The molecule has 6 heteroatoms. The second kappa shape index (κ2) is 12.6. The highest BCUT2D eigenvalue weighted by Crippen LogP contribution is 2.31. The van der Waals surface area contributed by atoms with Crippen LogP contribution in [-0.4, -0.2) is 31.5 Å². The van der Waals surface area contributed by atoms with Gasteiger partial charge in [0, 0.05) is 18.9 Å². The maximum Gasteiger partial charge on any atom is 0.407 e. The summed E-state index contributed by atoms with van der Waals surface area (Å²) in [5.74, 6) is -0.783. The molecule has 1 N–H and O–H groups in total. The number of hydrogen-bond acceptors (Lipinski definition) is 5. The van der Waals surface area contributed by atoms with Gasteiger partial charge in [-0.25, -0.2) is 4.79 Å². The standard InChI is InChI=1S/C27H31NO5/c1-32-26(30)18-24-23(16-20-8-4-2-5-9-20)17-21(12-13-25(24)29)14-15-28-27(31)33-19-22-10-6-3-7-11-22/h2-11,17,23-24H,12-16,18-19H2,1H3,(H,28,31). The summed E-state index contributed by atoms with van der Waals surface area (Å²) < 4.78 is 10.1. The van der Waals surface area contributed by atoms with E-state index in [4.69, 9.17) is 9.47 Å². The Hall–Kier alpha value is -3.41. The average Bonchev–Trinajstić information content (AvgIpc) is 2.98. The molecule has 0 saturated carbocycles. The molecule has 0 aliphatic heterocycles. The highest BCUT2D eigenvalue weighted by Gasteiger charge is 2.32. The molecule has 1 amide bonds. The van der Waals surface area contributed by atoms with Crippen molar-refractivity contribution in [3.63, 3.8) is 0 Å². The van der Waals surface area contributed by atoms with Gasteiger partial charge in [-0.2, -0.15) is 0 Å². The first-order valence-corrected chi connectivity index (χ1v) is 11.3. The van der Waals surface area contributed by atoms with Gasteiger partial charge in [0.05, 0.1) is 13.5 Å². The number of Topliss-reactive ketones (excluding diaryl/α,β-unsaturated/α-hetero) is 1. The number of esters is 1. The fraction of sp³-hybridized carbons (Fsp3) is 0.370. The van der Waals surface area contributed by atoms with E-state index >= 15 is 0 Å². The van der Waals surface area contributed by atoms with Crippen LogP contribution in [0.4, 0.5) is 4.79 Å². The zero-order chi connectivity index (χ0) is 23.5. The molecule has 1 aliphatic rings. The molecule has 2 unspecified atom stereocenters. The molecule has 0 heterocycles. The molecule has 0 spiro atoms. The zero-order valence-electron chi connectivity index (χ0n) is 19.0. The van der Waals surface area contributed by atoms with E-state index in [2.05, 4.69) is 11.4 Å². The number of ether oxygens (including phenoxy) is 2. The van der Waals surface area contributed by atoms with E-state index < -0.39 is 12.0 Å². The van der Waals surface area contributed by atoms with E-state index in [1.807, 2.05) is 60.7 Å². The molecule has 6 nitrogen and oxygen atoms in total. The van der Waals surface area contributed by atoms with E-state index in [9.17, 15) is 14.4 Å². The molecular formula is C27H31NO5. The fourth-order valence-electron chi connectivity index (χ4n) is 4.13. The second-order valence-electron chi connectivity index (χ2n) is 8.27. The van der Waals surface area contributed by atoms with Crippen molar-refractivity contribution >= 4 is 17.8 Å². The Morgan fingerprint density at radius 3 is 2.30 bits per heavy atom. The maximum atomic E-state index is 12.9. The van der Waals surface area contributed by atoms with Gasteiger partial charge >= 0.3 is 12.1 Å². The van der Waals surface area contributed by atoms with Crippen LogP contribution in [0, 0.1) is 11.8 Å². The van der Waals surface area contributed by atoms with Gasteiger partial charge in [-0.05, 0) is 36.3 Å². The lowest BCUT2D eigenvalue weighted by Crippen LogP contribution is -2.26. The molecule has 174 valence electrons. The monoisotopic (exact) mass is 449 g/mol. The van der Waals surface area contributed by atoms with Crippen LogP contribution in [0.25, 0.3) is 0 Å². The van der Waals surface area contributed by atoms with Gasteiger partial charge in [-0.1, -0.05) is 72.3 Å². The summed E-state index contributed by atoms with van der Waals surface area (Å²) in [5, 5.41) is 2.79. The van der Waals surface area contributed by atoms with Crippen LogP contribution in [0.3, 0.4) is 0 Å². The molecule has 0 fully saturated rings. The minimum Gasteiger partial charge on any atom is -0.469 e. The minimum absolute atomic E-state index is 0.0840. The number of amides is 1. The molecule has 0 radical (unpaired) electrons. The van der Waals surface area contributed by atoms with Crippen LogP contribution in [0.2, 0.25) is 0 Å². The van der Waals surface area contributed by atoms with Crippen LogP contribution in [0.5, 0.6) is 0 Å². The summed E-state index contributed by atoms with van der Waals surface area (Å²) in [6, 6.07) is 19.5. The number of carbonyl (C=O) groups is 3.